The Labute approximate surface area is 201 Å². The van der Waals surface area contributed by atoms with Crippen LogP contribution < -0.4 is 5.32 Å². The number of fused-ring (bicyclic) bond motifs is 1. The predicted octanol–water partition coefficient (Wildman–Crippen LogP) is 2.55. The number of rotatable bonds is 7. The monoisotopic (exact) mass is 500 g/mol. The number of aromatic nitrogens is 6. The maximum atomic E-state index is 14.8. The van der Waals surface area contributed by atoms with Crippen LogP contribution in [-0.4, -0.2) is 68.6 Å². The van der Waals surface area contributed by atoms with Crippen LogP contribution in [0.4, 0.5) is 10.2 Å². The van der Waals surface area contributed by atoms with Gasteiger partial charge in [-0.15, -0.1) is 0 Å². The maximum Gasteiger partial charge on any atom is 0.240 e. The lowest BCUT2D eigenvalue weighted by Gasteiger charge is -2.15. The van der Waals surface area contributed by atoms with Gasteiger partial charge in [-0.2, -0.15) is 10.1 Å². The molecule has 0 amide bonds. The quantitative estimate of drug-likeness (QED) is 0.404. The van der Waals surface area contributed by atoms with Crippen molar-refractivity contribution in [3.05, 3.63) is 48.3 Å². The topological polar surface area (TPSA) is 132 Å². The van der Waals surface area contributed by atoms with E-state index in [-0.39, 0.29) is 22.5 Å². The molecule has 11 nitrogen and oxygen atoms in total. The van der Waals surface area contributed by atoms with E-state index >= 15 is 0 Å². The highest BCUT2D eigenvalue weighted by Crippen LogP contribution is 2.26. The molecule has 35 heavy (non-hydrogen) atoms. The van der Waals surface area contributed by atoms with E-state index in [9.17, 15) is 12.8 Å². The van der Waals surface area contributed by atoms with Gasteiger partial charge in [-0.05, 0) is 24.6 Å². The molecular formula is C22H25FN8O3S. The van der Waals surface area contributed by atoms with Gasteiger partial charge in [-0.1, -0.05) is 19.0 Å². The minimum atomic E-state index is -3.52. The normalized spacial score (nSPS) is 17.0. The van der Waals surface area contributed by atoms with Crippen molar-refractivity contribution in [1.82, 2.24) is 34.8 Å². The first kappa shape index (κ1) is 23.3. The summed E-state index contributed by atoms with van der Waals surface area (Å²) in [5.41, 5.74) is 0.514. The SMILES string of the molecule is CC(C)c1noc(CN2CC[C@H](Nc3ncnc4c3cnn4-c3ccc(S(C)(=O)=O)cc3F)C2)n1. The lowest BCUT2D eigenvalue weighted by atomic mass is 10.2. The molecule has 5 rings (SSSR count). The summed E-state index contributed by atoms with van der Waals surface area (Å²) in [7, 11) is -3.52. The van der Waals surface area contributed by atoms with E-state index in [1.54, 1.807) is 6.20 Å². The van der Waals surface area contributed by atoms with Crippen molar-refractivity contribution in [2.75, 3.05) is 24.7 Å². The standard InChI is InChI=1S/C22H25FN8O3S/c1-13(2)20-28-19(34-29-20)11-30-7-6-14(10-30)27-21-16-9-26-31(22(16)25-12-24-21)18-5-4-15(8-17(18)23)35(3,32)33/h4-5,8-9,12-14H,6-7,10-11H2,1-3H3,(H,24,25,27)/t14-/m0/s1. The van der Waals surface area contributed by atoms with Crippen LogP contribution in [0, 0.1) is 5.82 Å². The molecule has 0 saturated carbocycles. The number of benzene rings is 1. The summed E-state index contributed by atoms with van der Waals surface area (Å²) in [6, 6.07) is 3.85. The van der Waals surface area contributed by atoms with Crippen LogP contribution in [0.2, 0.25) is 0 Å². The molecule has 0 aliphatic carbocycles. The molecule has 1 aliphatic rings. The van der Waals surface area contributed by atoms with Crippen LogP contribution in [0.3, 0.4) is 0 Å². The largest absolute Gasteiger partial charge is 0.365 e. The number of anilines is 1. The number of sulfone groups is 1. The molecule has 13 heteroatoms. The summed E-state index contributed by atoms with van der Waals surface area (Å²) in [5, 5.41) is 12.4. The fraction of sp³-hybridized carbons (Fsp3) is 0.409. The van der Waals surface area contributed by atoms with Gasteiger partial charge in [0.1, 0.15) is 23.6 Å². The molecule has 3 aromatic heterocycles. The molecule has 1 aromatic carbocycles. The molecular weight excluding hydrogens is 475 g/mol. The van der Waals surface area contributed by atoms with Crippen molar-refractivity contribution in [3.8, 4) is 5.69 Å². The summed E-state index contributed by atoms with van der Waals surface area (Å²) in [5.74, 6) is 1.41. The van der Waals surface area contributed by atoms with Crippen molar-refractivity contribution < 1.29 is 17.3 Å². The van der Waals surface area contributed by atoms with E-state index in [0.29, 0.717) is 35.1 Å². The zero-order chi connectivity index (χ0) is 24.7. The van der Waals surface area contributed by atoms with Gasteiger partial charge in [0.15, 0.2) is 21.3 Å². The van der Waals surface area contributed by atoms with Crippen LogP contribution in [0.25, 0.3) is 16.7 Å². The first-order chi connectivity index (χ1) is 16.7. The van der Waals surface area contributed by atoms with Crippen molar-refractivity contribution >= 4 is 26.7 Å². The Morgan fingerprint density at radius 2 is 2.11 bits per heavy atom. The van der Waals surface area contributed by atoms with Gasteiger partial charge >= 0.3 is 0 Å². The highest BCUT2D eigenvalue weighted by Gasteiger charge is 2.26. The molecule has 1 saturated heterocycles. The first-order valence-electron chi connectivity index (χ1n) is 11.2. The van der Waals surface area contributed by atoms with E-state index in [1.165, 1.54) is 23.1 Å². The Morgan fingerprint density at radius 1 is 1.29 bits per heavy atom. The summed E-state index contributed by atoms with van der Waals surface area (Å²) in [6.45, 7) is 6.25. The minimum Gasteiger partial charge on any atom is -0.365 e. The fourth-order valence-electron chi connectivity index (χ4n) is 4.07. The number of likely N-dealkylation sites (tertiary alicyclic amines) is 1. The van der Waals surface area contributed by atoms with Gasteiger partial charge in [-0.25, -0.2) is 27.5 Å². The lowest BCUT2D eigenvalue weighted by Crippen LogP contribution is -2.26. The second-order valence-corrected chi connectivity index (χ2v) is 11.0. The molecule has 0 spiro atoms. The van der Waals surface area contributed by atoms with Crippen LogP contribution in [-0.2, 0) is 16.4 Å². The van der Waals surface area contributed by atoms with Crippen LogP contribution >= 0.6 is 0 Å². The maximum absolute atomic E-state index is 14.8. The Kier molecular flexibility index (Phi) is 5.97. The van der Waals surface area contributed by atoms with Crippen molar-refractivity contribution in [2.45, 2.75) is 43.7 Å². The summed E-state index contributed by atoms with van der Waals surface area (Å²) >= 11 is 0. The summed E-state index contributed by atoms with van der Waals surface area (Å²) in [6.07, 6.45) is 4.89. The Balaban J connectivity index is 1.33. The Bertz CT molecular complexity index is 1480. The van der Waals surface area contributed by atoms with Crippen LogP contribution in [0.15, 0.2) is 40.1 Å². The van der Waals surface area contributed by atoms with Crippen molar-refractivity contribution in [3.63, 3.8) is 0 Å². The summed E-state index contributed by atoms with van der Waals surface area (Å²) in [4.78, 5) is 15.2. The fourth-order valence-corrected chi connectivity index (χ4v) is 4.70. The van der Waals surface area contributed by atoms with Gasteiger partial charge in [0.05, 0.1) is 23.0 Å². The zero-order valence-electron chi connectivity index (χ0n) is 19.5. The van der Waals surface area contributed by atoms with Crippen LogP contribution in [0.5, 0.6) is 0 Å². The molecule has 4 aromatic rings. The van der Waals surface area contributed by atoms with Gasteiger partial charge < -0.3 is 9.84 Å². The molecule has 1 aliphatic heterocycles. The molecule has 0 bridgehead atoms. The van der Waals surface area contributed by atoms with Gasteiger partial charge in [0.2, 0.25) is 5.89 Å². The number of nitrogens with one attached hydrogen (secondary N) is 1. The Morgan fingerprint density at radius 3 is 2.83 bits per heavy atom. The van der Waals surface area contributed by atoms with Crippen LogP contribution in [0.1, 0.15) is 37.9 Å². The molecule has 1 atom stereocenters. The van der Waals surface area contributed by atoms with E-state index in [0.717, 1.165) is 31.8 Å². The average Bonchev–Trinajstić information content (AvgIpc) is 3.54. The highest BCUT2D eigenvalue weighted by atomic mass is 32.2. The van der Waals surface area contributed by atoms with E-state index < -0.39 is 15.7 Å². The first-order valence-corrected chi connectivity index (χ1v) is 13.1. The van der Waals surface area contributed by atoms with Crippen molar-refractivity contribution in [1.29, 1.82) is 0 Å². The van der Waals surface area contributed by atoms with Gasteiger partial charge in [-0.3, -0.25) is 4.90 Å². The third kappa shape index (κ3) is 4.73. The molecule has 184 valence electrons. The number of hydrogen-bond donors (Lipinski definition) is 1. The minimum absolute atomic E-state index is 0.0982. The van der Waals surface area contributed by atoms with Gasteiger partial charge in [0.25, 0.3) is 0 Å². The summed E-state index contributed by atoms with van der Waals surface area (Å²) < 4.78 is 44.9. The molecule has 1 N–H and O–H groups in total. The zero-order valence-corrected chi connectivity index (χ0v) is 20.3. The third-order valence-electron chi connectivity index (χ3n) is 5.91. The number of halogens is 1. The van der Waals surface area contributed by atoms with E-state index in [4.69, 9.17) is 4.52 Å². The smallest absolute Gasteiger partial charge is 0.240 e. The molecule has 0 radical (unpaired) electrons. The highest BCUT2D eigenvalue weighted by molar-refractivity contribution is 7.90. The second-order valence-electron chi connectivity index (χ2n) is 8.97. The predicted molar refractivity (Wildman–Crippen MR) is 125 cm³/mol. The lowest BCUT2D eigenvalue weighted by molar-refractivity contribution is 0.265. The number of hydrogen-bond acceptors (Lipinski definition) is 10. The van der Waals surface area contributed by atoms with E-state index in [2.05, 4.69) is 35.4 Å². The van der Waals surface area contributed by atoms with Crippen molar-refractivity contribution in [2.24, 2.45) is 0 Å². The molecule has 0 unspecified atom stereocenters. The average molecular weight is 501 g/mol. The Hall–Kier alpha value is -3.45. The third-order valence-corrected chi connectivity index (χ3v) is 7.02. The number of nitrogens with zero attached hydrogens (tertiary/aromatic N) is 7. The molecule has 1 fully saturated rings. The second kappa shape index (κ2) is 8.96. The van der Waals surface area contributed by atoms with E-state index in [1.807, 2.05) is 13.8 Å². The molecule has 4 heterocycles. The van der Waals surface area contributed by atoms with Gasteiger partial charge in [0, 0.05) is 31.3 Å².